The van der Waals surface area contributed by atoms with Crippen molar-refractivity contribution in [3.63, 3.8) is 0 Å². The van der Waals surface area contributed by atoms with Crippen LogP contribution in [0.2, 0.25) is 5.02 Å². The maximum absolute atomic E-state index is 12.9. The number of fused-ring (bicyclic) bond motifs is 1. The van der Waals surface area contributed by atoms with Crippen LogP contribution < -0.4 is 5.32 Å². The molecule has 0 radical (unpaired) electrons. The van der Waals surface area contributed by atoms with E-state index < -0.39 is 0 Å². The second-order valence-corrected chi connectivity index (χ2v) is 7.34. The molecule has 0 aliphatic heterocycles. The highest BCUT2D eigenvalue weighted by Gasteiger charge is 2.11. The van der Waals surface area contributed by atoms with E-state index in [1.165, 1.54) is 12.1 Å². The van der Waals surface area contributed by atoms with Crippen molar-refractivity contribution >= 4 is 39.5 Å². The van der Waals surface area contributed by atoms with Gasteiger partial charge in [0.25, 0.3) is 0 Å². The van der Waals surface area contributed by atoms with Gasteiger partial charge in [0.2, 0.25) is 5.91 Å². The highest BCUT2D eigenvalue weighted by molar-refractivity contribution is 7.15. The Balaban J connectivity index is 1.45. The molecule has 4 nitrogen and oxygen atoms in total. The average Bonchev–Trinajstić information content (AvgIpc) is 3.24. The van der Waals surface area contributed by atoms with Crippen molar-refractivity contribution in [2.75, 3.05) is 5.32 Å². The smallest absolute Gasteiger partial charge is 0.224 e. The van der Waals surface area contributed by atoms with Gasteiger partial charge in [0, 0.05) is 40.0 Å². The lowest BCUT2D eigenvalue weighted by molar-refractivity contribution is -0.116. The summed E-state index contributed by atoms with van der Waals surface area (Å²) in [5.74, 6) is -0.440. The van der Waals surface area contributed by atoms with E-state index in [-0.39, 0.29) is 11.7 Å². The summed E-state index contributed by atoms with van der Waals surface area (Å²) in [6.07, 6.45) is 2.89. The number of rotatable bonds is 5. The lowest BCUT2D eigenvalue weighted by Gasteiger charge is -2.05. The molecular weight excluding hydrogens is 385 g/mol. The van der Waals surface area contributed by atoms with Crippen LogP contribution in [0, 0.1) is 5.82 Å². The molecule has 1 amide bonds. The number of thiazole rings is 1. The minimum atomic E-state index is -0.328. The van der Waals surface area contributed by atoms with Crippen LogP contribution in [0.4, 0.5) is 10.1 Å². The fourth-order valence-corrected chi connectivity index (χ4v) is 3.80. The molecule has 4 rings (SSSR count). The number of anilines is 1. The topological polar surface area (TPSA) is 46.4 Å². The van der Waals surface area contributed by atoms with E-state index in [9.17, 15) is 9.18 Å². The fourth-order valence-electron chi connectivity index (χ4n) is 2.77. The predicted octanol–water partition coefficient (Wildman–Crippen LogP) is 5.43. The minimum absolute atomic E-state index is 0.112. The van der Waals surface area contributed by atoms with Gasteiger partial charge in [-0.25, -0.2) is 9.37 Å². The van der Waals surface area contributed by atoms with E-state index in [2.05, 4.69) is 10.3 Å². The highest BCUT2D eigenvalue weighted by atomic mass is 35.5. The van der Waals surface area contributed by atoms with Crippen LogP contribution in [-0.2, 0) is 11.2 Å². The molecule has 0 saturated carbocycles. The molecule has 0 aliphatic rings. The largest absolute Gasteiger partial charge is 0.326 e. The van der Waals surface area contributed by atoms with Gasteiger partial charge in [-0.3, -0.25) is 9.20 Å². The van der Waals surface area contributed by atoms with E-state index >= 15 is 0 Å². The summed E-state index contributed by atoms with van der Waals surface area (Å²) < 4.78 is 14.9. The Morgan fingerprint density at radius 2 is 1.89 bits per heavy atom. The van der Waals surface area contributed by atoms with Gasteiger partial charge in [0.1, 0.15) is 5.82 Å². The van der Waals surface area contributed by atoms with Crippen molar-refractivity contribution in [1.29, 1.82) is 0 Å². The highest BCUT2D eigenvalue weighted by Crippen LogP contribution is 2.25. The zero-order valence-electron chi connectivity index (χ0n) is 14.2. The average molecular weight is 400 g/mol. The molecule has 0 saturated heterocycles. The number of imidazole rings is 1. The Hall–Kier alpha value is -2.70. The van der Waals surface area contributed by atoms with Gasteiger partial charge in [-0.1, -0.05) is 23.7 Å². The number of nitrogens with zero attached hydrogens (tertiary/aromatic N) is 2. The third-order valence-electron chi connectivity index (χ3n) is 4.16. The van der Waals surface area contributed by atoms with Crippen LogP contribution in [0.5, 0.6) is 0 Å². The van der Waals surface area contributed by atoms with Crippen LogP contribution in [0.1, 0.15) is 12.1 Å². The zero-order chi connectivity index (χ0) is 18.8. The van der Waals surface area contributed by atoms with Crippen LogP contribution >= 0.6 is 22.9 Å². The number of aromatic nitrogens is 2. The van der Waals surface area contributed by atoms with Crippen LogP contribution in [-0.4, -0.2) is 15.3 Å². The molecule has 2 heterocycles. The predicted molar refractivity (Wildman–Crippen MR) is 107 cm³/mol. The van der Waals surface area contributed by atoms with Gasteiger partial charge in [0.15, 0.2) is 4.96 Å². The monoisotopic (exact) mass is 399 g/mol. The standard InChI is InChI=1S/C20H15ClFN3OS/c21-14-3-1-13(2-4-14)18-11-25-17(12-27-20(25)24-18)9-10-19(26)23-16-7-5-15(22)6-8-16/h1-8,11-12H,9-10H2,(H,23,26). The first kappa shape index (κ1) is 17.7. The van der Waals surface area contributed by atoms with E-state index in [1.807, 2.05) is 40.2 Å². The van der Waals surface area contributed by atoms with E-state index in [0.717, 1.165) is 21.9 Å². The van der Waals surface area contributed by atoms with Crippen LogP contribution in [0.15, 0.2) is 60.1 Å². The Bertz CT molecular complexity index is 1090. The van der Waals surface area contributed by atoms with Gasteiger partial charge >= 0.3 is 0 Å². The first-order valence-corrected chi connectivity index (χ1v) is 9.61. The Labute approximate surface area is 164 Å². The number of carbonyl (C=O) groups is 1. The second-order valence-electron chi connectivity index (χ2n) is 6.07. The third-order valence-corrected chi connectivity index (χ3v) is 5.30. The maximum atomic E-state index is 12.9. The zero-order valence-corrected chi connectivity index (χ0v) is 15.7. The molecule has 27 heavy (non-hydrogen) atoms. The van der Waals surface area contributed by atoms with Gasteiger partial charge in [-0.15, -0.1) is 11.3 Å². The molecule has 1 N–H and O–H groups in total. The van der Waals surface area contributed by atoms with Gasteiger partial charge in [-0.2, -0.15) is 0 Å². The summed E-state index contributed by atoms with van der Waals surface area (Å²) in [6, 6.07) is 13.3. The van der Waals surface area contributed by atoms with E-state index in [0.29, 0.717) is 23.6 Å². The number of aryl methyl sites for hydroxylation is 1. The fraction of sp³-hybridized carbons (Fsp3) is 0.100. The van der Waals surface area contributed by atoms with E-state index in [4.69, 9.17) is 11.6 Å². The number of hydrogen-bond donors (Lipinski definition) is 1. The molecule has 0 atom stereocenters. The number of carbonyl (C=O) groups excluding carboxylic acids is 1. The number of amides is 1. The summed E-state index contributed by atoms with van der Waals surface area (Å²) in [6.45, 7) is 0. The van der Waals surface area contributed by atoms with Crippen molar-refractivity contribution in [3.8, 4) is 11.3 Å². The number of halogens is 2. The van der Waals surface area contributed by atoms with Gasteiger partial charge < -0.3 is 5.32 Å². The molecule has 2 aromatic heterocycles. The van der Waals surface area contributed by atoms with Crippen molar-refractivity contribution in [2.24, 2.45) is 0 Å². The maximum Gasteiger partial charge on any atom is 0.224 e. The number of benzene rings is 2. The van der Waals surface area contributed by atoms with Gasteiger partial charge in [0.05, 0.1) is 5.69 Å². The normalized spacial score (nSPS) is 11.0. The third kappa shape index (κ3) is 4.02. The lowest BCUT2D eigenvalue weighted by atomic mass is 10.2. The quantitative estimate of drug-likeness (QED) is 0.486. The van der Waals surface area contributed by atoms with E-state index in [1.54, 1.807) is 23.5 Å². The van der Waals surface area contributed by atoms with Crippen LogP contribution in [0.25, 0.3) is 16.2 Å². The molecule has 4 aromatic rings. The molecule has 2 aromatic carbocycles. The molecule has 7 heteroatoms. The van der Waals surface area contributed by atoms with Gasteiger partial charge in [-0.05, 0) is 42.8 Å². The summed E-state index contributed by atoms with van der Waals surface area (Å²) in [5.41, 5.74) is 3.48. The lowest BCUT2D eigenvalue weighted by Crippen LogP contribution is -2.12. The summed E-state index contributed by atoms with van der Waals surface area (Å²) >= 11 is 7.48. The minimum Gasteiger partial charge on any atom is -0.326 e. The van der Waals surface area contributed by atoms with Crippen LogP contribution in [0.3, 0.4) is 0 Å². The number of hydrogen-bond acceptors (Lipinski definition) is 3. The summed E-state index contributed by atoms with van der Waals surface area (Å²) in [4.78, 5) is 17.7. The molecular formula is C20H15ClFN3OS. The summed E-state index contributed by atoms with van der Waals surface area (Å²) in [7, 11) is 0. The van der Waals surface area contributed by atoms with Crippen molar-refractivity contribution < 1.29 is 9.18 Å². The Morgan fingerprint density at radius 3 is 2.63 bits per heavy atom. The van der Waals surface area contributed by atoms with Crippen molar-refractivity contribution in [2.45, 2.75) is 12.8 Å². The molecule has 0 bridgehead atoms. The molecule has 0 unspecified atom stereocenters. The Morgan fingerprint density at radius 1 is 1.15 bits per heavy atom. The second kappa shape index (κ2) is 7.50. The van der Waals surface area contributed by atoms with Crippen molar-refractivity contribution in [3.05, 3.63) is 76.6 Å². The molecule has 0 spiro atoms. The first-order valence-electron chi connectivity index (χ1n) is 8.35. The molecule has 0 fully saturated rings. The molecule has 136 valence electrons. The first-order chi connectivity index (χ1) is 13.1. The number of nitrogens with one attached hydrogen (secondary N) is 1. The SMILES string of the molecule is O=C(CCc1csc2nc(-c3ccc(Cl)cc3)cn12)Nc1ccc(F)cc1. The molecule has 0 aliphatic carbocycles. The summed E-state index contributed by atoms with van der Waals surface area (Å²) in [5, 5.41) is 5.48. The van der Waals surface area contributed by atoms with Crippen molar-refractivity contribution in [1.82, 2.24) is 9.38 Å². The Kier molecular flexibility index (Phi) is 4.92.